The number of nitrogens with one attached hydrogen (secondary N) is 9. The summed E-state index contributed by atoms with van der Waals surface area (Å²) in [5.41, 5.74) is 22.2. The van der Waals surface area contributed by atoms with Gasteiger partial charge < -0.3 is 39.4 Å². The normalized spacial score (nSPS) is 16.5. The minimum atomic E-state index is -3.77. The fourth-order valence-electron chi connectivity index (χ4n) is 16.0. The van der Waals surface area contributed by atoms with Gasteiger partial charge in [-0.15, -0.1) is 0 Å². The molecule has 0 spiro atoms. The van der Waals surface area contributed by atoms with Crippen molar-refractivity contribution in [3.63, 3.8) is 0 Å². The van der Waals surface area contributed by atoms with Gasteiger partial charge in [-0.1, -0.05) is 95.5 Å². The SMILES string of the molecule is COc1ccc2c(CC(=O)NC3CCCc4cc(C(=O)NO)ccc43)coc2c1.Cc1ccc(-c2cc(C(=O)NC3CCCc4cc(C(=O)NO)ccc43)[nH]n2)cc1.Cc1oc(S(=O)(=O)N2CCCCC2)cc1C(=O)NC1CCCc2cc(C(=O)NO)ccc21.Cc1onc(-c2ccccc2Cl)c1C(=O)NC1CCCc2cc(C(=O)NO)ccc21. The zero-order chi connectivity index (χ0) is 84.9. The molecule has 32 heteroatoms. The maximum Gasteiger partial charge on any atom is 0.276 e. The Labute approximate surface area is 695 Å². The molecule has 7 aromatic carbocycles. The molecule has 4 unspecified atom stereocenters. The number of hydrogen-bond donors (Lipinski definition) is 13. The number of amides is 8. The first-order chi connectivity index (χ1) is 57.9. The quantitative estimate of drug-likeness (QED) is 0.0280. The highest BCUT2D eigenvalue weighted by Crippen LogP contribution is 2.38. The number of piperidine rings is 1. The Kier molecular flexibility index (Phi) is 27.3. The van der Waals surface area contributed by atoms with Gasteiger partial charge in [-0.25, -0.2) is 30.3 Å². The van der Waals surface area contributed by atoms with Gasteiger partial charge in [-0.2, -0.15) is 9.40 Å². The third-order valence-corrected chi connectivity index (χ3v) is 24.3. The van der Waals surface area contributed by atoms with Crippen LogP contribution in [0, 0.1) is 20.8 Å². The predicted octanol–water partition coefficient (Wildman–Crippen LogP) is 13.5. The van der Waals surface area contributed by atoms with Gasteiger partial charge in [0.15, 0.2) is 0 Å². The monoisotopic (exact) mass is 1670 g/mol. The van der Waals surface area contributed by atoms with E-state index < -0.39 is 39.6 Å². The van der Waals surface area contributed by atoms with Crippen molar-refractivity contribution in [1.82, 2.24) is 62.8 Å². The molecule has 1 fully saturated rings. The van der Waals surface area contributed by atoms with Crippen molar-refractivity contribution in [2.24, 2.45) is 0 Å². The smallest absolute Gasteiger partial charge is 0.276 e. The summed E-state index contributed by atoms with van der Waals surface area (Å²) in [5.74, 6) is -1.86. The molecule has 120 heavy (non-hydrogen) atoms. The van der Waals surface area contributed by atoms with Gasteiger partial charge in [0.25, 0.3) is 51.4 Å². The van der Waals surface area contributed by atoms with E-state index in [4.69, 9.17) is 50.5 Å². The number of aromatic nitrogens is 3. The summed E-state index contributed by atoms with van der Waals surface area (Å²) in [6, 6.07) is 43.9. The molecule has 11 aromatic rings. The number of aryl methyl sites for hydroxylation is 7. The summed E-state index contributed by atoms with van der Waals surface area (Å²) in [5, 5.41) is 59.9. The number of hydroxylamine groups is 4. The van der Waals surface area contributed by atoms with E-state index in [9.17, 15) is 46.8 Å². The number of carbonyl (C=O) groups is 8. The molecule has 0 bridgehead atoms. The number of benzene rings is 7. The topological polar surface area (TPSA) is 441 Å². The highest BCUT2D eigenvalue weighted by atomic mass is 35.5. The molecule has 5 aliphatic rings. The van der Waals surface area contributed by atoms with E-state index in [1.807, 2.05) is 73.7 Å². The highest BCUT2D eigenvalue weighted by Gasteiger charge is 2.35. The number of sulfonamides is 1. The number of H-pyrrole nitrogens is 1. The Morgan fingerprint density at radius 1 is 0.533 bits per heavy atom. The third-order valence-electron chi connectivity index (χ3n) is 22.2. The van der Waals surface area contributed by atoms with Crippen LogP contribution in [0.15, 0.2) is 176 Å². The highest BCUT2D eigenvalue weighted by molar-refractivity contribution is 7.89. The van der Waals surface area contributed by atoms with Gasteiger partial charge in [-0.3, -0.25) is 64.3 Å². The van der Waals surface area contributed by atoms with Crippen LogP contribution in [0.4, 0.5) is 0 Å². The van der Waals surface area contributed by atoms with Gasteiger partial charge in [-0.05, 0) is 228 Å². The molecule has 0 radical (unpaired) electrons. The number of nitrogens with zero attached hydrogens (tertiary/aromatic N) is 3. The first-order valence-electron chi connectivity index (χ1n) is 39.4. The Balaban J connectivity index is 0.000000138. The van der Waals surface area contributed by atoms with E-state index in [-0.39, 0.29) is 64.7 Å². The van der Waals surface area contributed by atoms with Crippen LogP contribution < -0.4 is 47.9 Å². The van der Waals surface area contributed by atoms with Crippen molar-refractivity contribution in [1.29, 1.82) is 0 Å². The summed E-state index contributed by atoms with van der Waals surface area (Å²) in [4.78, 5) is 98.3. The number of methoxy groups -OCH3 is 1. The zero-order valence-electron chi connectivity index (χ0n) is 66.2. The second-order valence-electron chi connectivity index (χ2n) is 30.0. The summed E-state index contributed by atoms with van der Waals surface area (Å²) in [6.07, 6.45) is 14.3. The van der Waals surface area contributed by atoms with Gasteiger partial charge >= 0.3 is 0 Å². The molecule has 1 aliphatic heterocycles. The minimum absolute atomic E-state index is 0.0847. The molecule has 5 heterocycles. The number of rotatable bonds is 18. The molecule has 4 aliphatic carbocycles. The molecular formula is C88H91ClN12O18S. The van der Waals surface area contributed by atoms with Crippen LogP contribution in [-0.2, 0) is 46.9 Å². The van der Waals surface area contributed by atoms with Crippen LogP contribution in [0.1, 0.15) is 235 Å². The molecule has 4 aromatic heterocycles. The average Bonchev–Trinajstić information content (AvgIpc) is 1.53. The Morgan fingerprint density at radius 2 is 1.02 bits per heavy atom. The largest absolute Gasteiger partial charge is 0.497 e. The minimum Gasteiger partial charge on any atom is -0.497 e. The van der Waals surface area contributed by atoms with Crippen LogP contribution in [0.2, 0.25) is 5.02 Å². The Hall–Kier alpha value is -12.6. The first kappa shape index (κ1) is 85.3. The van der Waals surface area contributed by atoms with Gasteiger partial charge in [0.05, 0.1) is 60.2 Å². The number of carbonyl (C=O) groups excluding carboxylic acids is 8. The molecule has 13 N–H and O–H groups in total. The number of furan rings is 2. The summed E-state index contributed by atoms with van der Waals surface area (Å²) >= 11 is 6.29. The fraction of sp³-hybridized carbons (Fsp3) is 0.295. The van der Waals surface area contributed by atoms with E-state index in [1.165, 1.54) is 10.4 Å². The summed E-state index contributed by atoms with van der Waals surface area (Å²) in [6.45, 7) is 6.21. The van der Waals surface area contributed by atoms with E-state index in [1.54, 1.807) is 128 Å². The maximum atomic E-state index is 13.2. The van der Waals surface area contributed by atoms with Crippen molar-refractivity contribution >= 4 is 79.9 Å². The number of fused-ring (bicyclic) bond motifs is 5. The summed E-state index contributed by atoms with van der Waals surface area (Å²) < 4.78 is 48.8. The zero-order valence-corrected chi connectivity index (χ0v) is 67.8. The molecule has 8 amide bonds. The Bertz CT molecular complexity index is 5790. The average molecular weight is 1670 g/mol. The van der Waals surface area contributed by atoms with Crippen LogP contribution >= 0.6 is 11.6 Å². The lowest BCUT2D eigenvalue weighted by atomic mass is 9.86. The van der Waals surface area contributed by atoms with Crippen LogP contribution in [0.25, 0.3) is 33.5 Å². The van der Waals surface area contributed by atoms with Crippen LogP contribution in [0.5, 0.6) is 5.75 Å². The standard InChI is InChI=1S/C22H20ClN3O4.C22H22N4O3.C22H27N3O6S.C22H22N2O5/c1-12-19(20(26-30-12)16-6-2-3-7-17(16)23)22(28)24-18-8-4-5-13-11-14(21(27)25-29)9-10-15(13)18;1-13-5-7-14(8-6-13)19-12-20(25-24-19)22(28)23-18-4-2-3-15-11-16(21(27)26-29)9-10-17(15)18;1-14-18(13-20(31-14)32(29,30)25-10-3-2-4-11-25)22(27)23-19-7-5-6-15-12-16(21(26)24-28)8-9-17(15)19;1-28-16-6-8-18-15(12-29-20(18)11-16)10-21(25)23-19-4-2-3-13-9-14(22(26)24-27)5-7-17(13)19/h2-3,6-7,9-11,18,29H,4-5,8H2,1H3,(H,24,28)(H,25,27);5-12,18,29H,2-4H2,1H3,(H,23,28)(H,24,25)(H,26,27);8-9,12-13,19,28H,2-7,10-11H2,1H3,(H,23,27)(H,24,26);5-9,11-12,19,27H,2-4,10H2,1H3,(H,23,25)(H,24,26). The second-order valence-corrected chi connectivity index (χ2v) is 32.2. The molecule has 4 atom stereocenters. The van der Waals surface area contributed by atoms with E-state index in [0.29, 0.717) is 80.0 Å². The lowest BCUT2D eigenvalue weighted by Gasteiger charge is -2.27. The number of aromatic amines is 1. The van der Waals surface area contributed by atoms with E-state index in [2.05, 4.69) is 36.6 Å². The Morgan fingerprint density at radius 3 is 1.51 bits per heavy atom. The van der Waals surface area contributed by atoms with Crippen molar-refractivity contribution in [3.05, 3.63) is 269 Å². The first-order valence-corrected chi connectivity index (χ1v) is 41.3. The number of ether oxygens (including phenoxy) is 1. The van der Waals surface area contributed by atoms with Crippen molar-refractivity contribution in [3.8, 4) is 28.3 Å². The molecule has 624 valence electrons. The molecule has 30 nitrogen and oxygen atoms in total. The van der Waals surface area contributed by atoms with E-state index in [0.717, 1.165) is 169 Å². The maximum absolute atomic E-state index is 13.2. The van der Waals surface area contributed by atoms with E-state index >= 15 is 0 Å². The van der Waals surface area contributed by atoms with Crippen molar-refractivity contribution < 1.29 is 85.7 Å². The third kappa shape index (κ3) is 19.5. The van der Waals surface area contributed by atoms with Gasteiger partial charge in [0.2, 0.25) is 11.0 Å². The number of halogens is 1. The molecule has 0 saturated carbocycles. The summed E-state index contributed by atoms with van der Waals surface area (Å²) in [7, 11) is -2.17. The number of hydrogen-bond acceptors (Lipinski definition) is 20. The lowest BCUT2D eigenvalue weighted by molar-refractivity contribution is -0.121. The van der Waals surface area contributed by atoms with Crippen LogP contribution in [-0.4, -0.2) is 116 Å². The lowest BCUT2D eigenvalue weighted by Crippen LogP contribution is -2.35. The fourth-order valence-corrected chi connectivity index (χ4v) is 17.7. The van der Waals surface area contributed by atoms with Gasteiger partial charge in [0.1, 0.15) is 39.8 Å². The molecule has 16 rings (SSSR count). The molecule has 1 saturated heterocycles. The second kappa shape index (κ2) is 38.4. The van der Waals surface area contributed by atoms with Crippen LogP contribution in [0.3, 0.4) is 0 Å². The van der Waals surface area contributed by atoms with Crippen molar-refractivity contribution in [2.45, 2.75) is 153 Å². The molecular weight excluding hydrogens is 1580 g/mol. The predicted molar refractivity (Wildman–Crippen MR) is 439 cm³/mol. The van der Waals surface area contributed by atoms with Gasteiger partial charge in [0, 0.05) is 69.6 Å². The van der Waals surface area contributed by atoms with Crippen molar-refractivity contribution in [2.75, 3.05) is 20.2 Å².